The van der Waals surface area contributed by atoms with Gasteiger partial charge in [0.1, 0.15) is 23.6 Å². The third kappa shape index (κ3) is 4.91. The largest absolute Gasteiger partial charge is 0.340 e. The Kier molecular flexibility index (Phi) is 6.10. The highest BCUT2D eigenvalue weighted by atomic mass is 16.1. The molecule has 0 spiro atoms. The zero-order valence-corrected chi connectivity index (χ0v) is 23.1. The molecule has 6 aromatic rings. The normalized spacial score (nSPS) is 11.8. The van der Waals surface area contributed by atoms with Gasteiger partial charge in [-0.25, -0.2) is 9.97 Å². The molecule has 1 amide bonds. The third-order valence-corrected chi connectivity index (χ3v) is 6.92. The molecular weight excluding hydrogens is 502 g/mol. The summed E-state index contributed by atoms with van der Waals surface area (Å²) in [4.78, 5) is 25.1. The molecule has 202 valence electrons. The predicted molar refractivity (Wildman–Crippen MR) is 158 cm³/mol. The maximum atomic E-state index is 12.7. The van der Waals surface area contributed by atoms with E-state index in [0.717, 1.165) is 50.0 Å². The quantitative estimate of drug-likeness (QED) is 0.261. The molecule has 0 bridgehead atoms. The van der Waals surface area contributed by atoms with E-state index in [1.165, 1.54) is 0 Å². The first kappa shape index (κ1) is 25.3. The van der Waals surface area contributed by atoms with Crippen LogP contribution in [0, 0.1) is 0 Å². The van der Waals surface area contributed by atoms with E-state index in [-0.39, 0.29) is 17.7 Å². The standard InChI is InChI=1S/C30H31N9O/c1-30(2,3)24-14-25(39(5)37-24)36-26(40)12-18-6-9-21(10-7-18)34-28-27-22-11-8-19(20-15-33-38(4)16-20)13-23(22)35-29(27)32-17-31-28/h6-11,13-17H,12H2,1-5H3,(H,36,40)(H2,31,32,34,35). The van der Waals surface area contributed by atoms with E-state index in [4.69, 9.17) is 0 Å². The molecule has 40 heavy (non-hydrogen) atoms. The van der Waals surface area contributed by atoms with E-state index < -0.39 is 0 Å². The lowest BCUT2D eigenvalue weighted by atomic mass is 9.92. The second-order valence-electron chi connectivity index (χ2n) is 11.1. The lowest BCUT2D eigenvalue weighted by Crippen LogP contribution is -2.16. The van der Waals surface area contributed by atoms with Crippen molar-refractivity contribution in [2.45, 2.75) is 32.6 Å². The van der Waals surface area contributed by atoms with E-state index in [0.29, 0.717) is 11.6 Å². The number of aromatic amines is 1. The van der Waals surface area contributed by atoms with Crippen LogP contribution in [-0.4, -0.2) is 40.4 Å². The second-order valence-corrected chi connectivity index (χ2v) is 11.1. The van der Waals surface area contributed by atoms with Crippen LogP contribution in [-0.2, 0) is 30.7 Å². The molecule has 0 saturated heterocycles. The van der Waals surface area contributed by atoms with Crippen molar-refractivity contribution in [2.75, 3.05) is 10.6 Å². The second kappa shape index (κ2) is 9.64. The summed E-state index contributed by atoms with van der Waals surface area (Å²) < 4.78 is 3.50. The van der Waals surface area contributed by atoms with Crippen molar-refractivity contribution in [3.8, 4) is 11.1 Å². The Balaban J connectivity index is 1.18. The maximum Gasteiger partial charge on any atom is 0.229 e. The van der Waals surface area contributed by atoms with Crippen LogP contribution >= 0.6 is 0 Å². The van der Waals surface area contributed by atoms with Gasteiger partial charge in [-0.05, 0) is 29.3 Å². The Labute approximate surface area is 231 Å². The van der Waals surface area contributed by atoms with Crippen LogP contribution in [0.2, 0.25) is 0 Å². The zero-order chi connectivity index (χ0) is 28.0. The number of aryl methyl sites for hydroxylation is 2. The Bertz CT molecular complexity index is 1850. The SMILES string of the molecule is Cn1cc(-c2ccc3c(c2)[nH]c2ncnc(Nc4ccc(CC(=O)Nc5cc(C(C)(C)C)nn5C)cc4)c23)cn1. The number of nitrogens with zero attached hydrogens (tertiary/aromatic N) is 6. The molecule has 0 aliphatic carbocycles. The maximum absolute atomic E-state index is 12.7. The average Bonchev–Trinajstić information content (AvgIpc) is 3.61. The van der Waals surface area contributed by atoms with Gasteiger partial charge in [0, 0.05) is 53.9 Å². The Morgan fingerprint density at radius 2 is 1.80 bits per heavy atom. The van der Waals surface area contributed by atoms with Gasteiger partial charge in [0.05, 0.1) is 23.7 Å². The Morgan fingerprint density at radius 3 is 2.50 bits per heavy atom. The number of carbonyl (C=O) groups excluding carboxylic acids is 1. The topological polar surface area (TPSA) is 118 Å². The van der Waals surface area contributed by atoms with Crippen LogP contribution in [0.5, 0.6) is 0 Å². The number of rotatable bonds is 6. The summed E-state index contributed by atoms with van der Waals surface area (Å²) in [6.45, 7) is 6.30. The molecule has 4 aromatic heterocycles. The average molecular weight is 534 g/mol. The van der Waals surface area contributed by atoms with E-state index in [2.05, 4.69) is 74.8 Å². The minimum absolute atomic E-state index is 0.0890. The van der Waals surface area contributed by atoms with Crippen LogP contribution < -0.4 is 10.6 Å². The van der Waals surface area contributed by atoms with Crippen molar-refractivity contribution in [3.63, 3.8) is 0 Å². The Morgan fingerprint density at radius 1 is 1.00 bits per heavy atom. The number of hydrogen-bond donors (Lipinski definition) is 3. The van der Waals surface area contributed by atoms with Crippen LogP contribution in [0.15, 0.2) is 67.3 Å². The number of anilines is 3. The van der Waals surface area contributed by atoms with Gasteiger partial charge in [0.15, 0.2) is 0 Å². The monoisotopic (exact) mass is 533 g/mol. The van der Waals surface area contributed by atoms with Crippen LogP contribution in [0.3, 0.4) is 0 Å². The molecular formula is C30H31N9O. The van der Waals surface area contributed by atoms with E-state index >= 15 is 0 Å². The van der Waals surface area contributed by atoms with Crippen LogP contribution in [0.1, 0.15) is 32.0 Å². The van der Waals surface area contributed by atoms with Crippen molar-refractivity contribution in [3.05, 3.63) is 78.5 Å². The van der Waals surface area contributed by atoms with Gasteiger partial charge in [-0.2, -0.15) is 10.2 Å². The molecule has 3 N–H and O–H groups in total. The van der Waals surface area contributed by atoms with Gasteiger partial charge in [-0.15, -0.1) is 0 Å². The van der Waals surface area contributed by atoms with Gasteiger partial charge in [-0.1, -0.05) is 45.0 Å². The number of amides is 1. The summed E-state index contributed by atoms with van der Waals surface area (Å²) in [5.41, 5.74) is 6.48. The van der Waals surface area contributed by atoms with Crippen LogP contribution in [0.4, 0.5) is 17.3 Å². The fourth-order valence-electron chi connectivity index (χ4n) is 4.74. The van der Waals surface area contributed by atoms with Crippen molar-refractivity contribution in [1.29, 1.82) is 0 Å². The first-order valence-electron chi connectivity index (χ1n) is 13.1. The fourth-order valence-corrected chi connectivity index (χ4v) is 4.74. The smallest absolute Gasteiger partial charge is 0.229 e. The van der Waals surface area contributed by atoms with Gasteiger partial charge in [-0.3, -0.25) is 14.2 Å². The van der Waals surface area contributed by atoms with Gasteiger partial charge in [0.2, 0.25) is 5.91 Å². The van der Waals surface area contributed by atoms with Crippen molar-refractivity contribution in [2.24, 2.45) is 14.1 Å². The number of hydrogen-bond acceptors (Lipinski definition) is 6. The van der Waals surface area contributed by atoms with Gasteiger partial charge in [0.25, 0.3) is 0 Å². The highest BCUT2D eigenvalue weighted by Gasteiger charge is 2.20. The number of benzene rings is 2. The summed E-state index contributed by atoms with van der Waals surface area (Å²) in [6, 6.07) is 16.0. The van der Waals surface area contributed by atoms with Crippen molar-refractivity contribution >= 4 is 45.2 Å². The summed E-state index contributed by atoms with van der Waals surface area (Å²) in [5, 5.41) is 17.2. The molecule has 0 aliphatic heterocycles. The summed E-state index contributed by atoms with van der Waals surface area (Å²) in [6.07, 6.45) is 5.65. The fraction of sp³-hybridized carbons (Fsp3) is 0.233. The molecule has 0 radical (unpaired) electrons. The van der Waals surface area contributed by atoms with E-state index in [1.54, 1.807) is 15.7 Å². The number of fused-ring (bicyclic) bond motifs is 3. The lowest BCUT2D eigenvalue weighted by Gasteiger charge is -2.13. The number of aromatic nitrogens is 7. The van der Waals surface area contributed by atoms with Gasteiger partial charge < -0.3 is 15.6 Å². The minimum Gasteiger partial charge on any atom is -0.340 e. The molecule has 6 rings (SSSR count). The molecule has 0 saturated carbocycles. The van der Waals surface area contributed by atoms with Crippen molar-refractivity contribution in [1.82, 2.24) is 34.5 Å². The first-order valence-corrected chi connectivity index (χ1v) is 13.1. The Hall–Kier alpha value is -4.99. The third-order valence-electron chi connectivity index (χ3n) is 6.92. The molecule has 0 aliphatic rings. The van der Waals surface area contributed by atoms with E-state index in [1.807, 2.05) is 56.8 Å². The summed E-state index contributed by atoms with van der Waals surface area (Å²) in [5.74, 6) is 1.31. The highest BCUT2D eigenvalue weighted by molar-refractivity contribution is 6.12. The molecule has 0 fully saturated rings. The molecule has 0 atom stereocenters. The molecule has 2 aromatic carbocycles. The van der Waals surface area contributed by atoms with E-state index in [9.17, 15) is 4.79 Å². The first-order chi connectivity index (χ1) is 19.1. The molecule has 4 heterocycles. The molecule has 10 nitrogen and oxygen atoms in total. The van der Waals surface area contributed by atoms with Crippen molar-refractivity contribution < 1.29 is 4.79 Å². The van der Waals surface area contributed by atoms with Gasteiger partial charge >= 0.3 is 0 Å². The molecule has 0 unspecified atom stereocenters. The molecule has 10 heteroatoms. The van der Waals surface area contributed by atoms with Crippen LogP contribution in [0.25, 0.3) is 33.1 Å². The number of H-pyrrole nitrogens is 1. The number of nitrogens with one attached hydrogen (secondary N) is 3. The number of carbonyl (C=O) groups is 1. The lowest BCUT2D eigenvalue weighted by molar-refractivity contribution is -0.115. The summed E-state index contributed by atoms with van der Waals surface area (Å²) >= 11 is 0. The zero-order valence-electron chi connectivity index (χ0n) is 23.1. The summed E-state index contributed by atoms with van der Waals surface area (Å²) in [7, 11) is 3.74. The highest BCUT2D eigenvalue weighted by Crippen LogP contribution is 2.33. The minimum atomic E-state index is -0.0916. The predicted octanol–water partition coefficient (Wildman–Crippen LogP) is 5.47.